The van der Waals surface area contributed by atoms with Gasteiger partial charge in [0.2, 0.25) is 0 Å². The molecule has 2 unspecified atom stereocenters. The van der Waals surface area contributed by atoms with Gasteiger partial charge in [-0.15, -0.1) is 0 Å². The summed E-state index contributed by atoms with van der Waals surface area (Å²) >= 11 is 0. The van der Waals surface area contributed by atoms with Crippen molar-refractivity contribution < 1.29 is 9.47 Å². The zero-order valence-electron chi connectivity index (χ0n) is 24.2. The zero-order chi connectivity index (χ0) is 27.0. The standard InChI is InChI=1S/C35H46N2O2/c1-26-9-8-10-34(35(26)31-14-13-30-25-33(38-3)18-15-29(30)24-31)36-27(2)23-28-11-16-32(17-12-28)39-22-21-37-19-6-4-5-7-20-37/h8-12,15-18,25,27,31,36H,4-7,13-14,19-24H2,1-3H3. The summed E-state index contributed by atoms with van der Waals surface area (Å²) in [6.07, 6.45) is 9.76. The van der Waals surface area contributed by atoms with E-state index in [2.05, 4.69) is 84.7 Å². The van der Waals surface area contributed by atoms with Gasteiger partial charge >= 0.3 is 0 Å². The van der Waals surface area contributed by atoms with E-state index in [9.17, 15) is 0 Å². The summed E-state index contributed by atoms with van der Waals surface area (Å²) in [6, 6.07) is 22.4. The molecule has 1 heterocycles. The Labute approximate surface area is 235 Å². The first-order valence-corrected chi connectivity index (χ1v) is 15.0. The number of benzene rings is 3. The third kappa shape index (κ3) is 7.36. The van der Waals surface area contributed by atoms with Crippen LogP contribution in [0.3, 0.4) is 0 Å². The first kappa shape index (κ1) is 27.6. The van der Waals surface area contributed by atoms with Crippen LogP contribution in [0.1, 0.15) is 72.8 Å². The minimum absolute atomic E-state index is 0.334. The number of ether oxygens (including phenoxy) is 2. The largest absolute Gasteiger partial charge is 0.497 e. The van der Waals surface area contributed by atoms with Crippen LogP contribution >= 0.6 is 0 Å². The summed E-state index contributed by atoms with van der Waals surface area (Å²) in [5.74, 6) is 2.48. The molecule has 0 aromatic heterocycles. The molecule has 0 radical (unpaired) electrons. The fourth-order valence-electron chi connectivity index (χ4n) is 6.50. The summed E-state index contributed by atoms with van der Waals surface area (Å²) in [5, 5.41) is 3.87. The predicted octanol–water partition coefficient (Wildman–Crippen LogP) is 7.57. The molecule has 1 N–H and O–H groups in total. The van der Waals surface area contributed by atoms with Gasteiger partial charge in [0.15, 0.2) is 0 Å². The fraction of sp³-hybridized carbons (Fsp3) is 0.486. The first-order chi connectivity index (χ1) is 19.1. The van der Waals surface area contributed by atoms with Gasteiger partial charge in [0, 0.05) is 18.3 Å². The Kier molecular flexibility index (Phi) is 9.47. The molecule has 1 aliphatic carbocycles. The molecule has 4 nitrogen and oxygen atoms in total. The minimum atomic E-state index is 0.334. The summed E-state index contributed by atoms with van der Waals surface area (Å²) in [4.78, 5) is 2.55. The van der Waals surface area contributed by atoms with Crippen molar-refractivity contribution in [3.8, 4) is 11.5 Å². The minimum Gasteiger partial charge on any atom is -0.497 e. The smallest absolute Gasteiger partial charge is 0.119 e. The van der Waals surface area contributed by atoms with Gasteiger partial charge in [-0.3, -0.25) is 4.90 Å². The number of hydrogen-bond donors (Lipinski definition) is 1. The molecule has 5 rings (SSSR count). The van der Waals surface area contributed by atoms with Crippen molar-refractivity contribution in [2.75, 3.05) is 38.7 Å². The van der Waals surface area contributed by atoms with Crippen LogP contribution < -0.4 is 14.8 Å². The van der Waals surface area contributed by atoms with Crippen molar-refractivity contribution in [2.45, 2.75) is 77.2 Å². The second-order valence-electron chi connectivity index (χ2n) is 11.6. The molecule has 1 aliphatic heterocycles. The van der Waals surface area contributed by atoms with Gasteiger partial charge in [0.1, 0.15) is 18.1 Å². The number of aryl methyl sites for hydroxylation is 2. The molecule has 1 fully saturated rings. The number of nitrogens with one attached hydrogen (secondary N) is 1. The SMILES string of the molecule is COc1ccc2c(c1)CCC(c1c(C)cccc1NC(C)Cc1ccc(OCCN3CCCCCC3)cc1)C2. The fourth-order valence-corrected chi connectivity index (χ4v) is 6.50. The number of fused-ring (bicyclic) bond motifs is 1. The highest BCUT2D eigenvalue weighted by Crippen LogP contribution is 2.39. The number of methoxy groups -OCH3 is 1. The van der Waals surface area contributed by atoms with Crippen molar-refractivity contribution in [2.24, 2.45) is 0 Å². The van der Waals surface area contributed by atoms with Crippen LogP contribution in [0.5, 0.6) is 11.5 Å². The molecular formula is C35H46N2O2. The van der Waals surface area contributed by atoms with Crippen molar-refractivity contribution in [3.05, 3.63) is 88.5 Å². The van der Waals surface area contributed by atoms with Gasteiger partial charge in [-0.05, 0) is 130 Å². The monoisotopic (exact) mass is 526 g/mol. The van der Waals surface area contributed by atoms with E-state index in [1.54, 1.807) is 7.11 Å². The predicted molar refractivity (Wildman–Crippen MR) is 163 cm³/mol. The summed E-state index contributed by atoms with van der Waals surface area (Å²) < 4.78 is 11.5. The van der Waals surface area contributed by atoms with E-state index in [-0.39, 0.29) is 0 Å². The molecule has 2 atom stereocenters. The topological polar surface area (TPSA) is 33.7 Å². The van der Waals surface area contributed by atoms with E-state index >= 15 is 0 Å². The number of rotatable bonds is 10. The maximum absolute atomic E-state index is 6.07. The van der Waals surface area contributed by atoms with Crippen LogP contribution in [0.15, 0.2) is 60.7 Å². The molecule has 0 spiro atoms. The van der Waals surface area contributed by atoms with E-state index < -0.39 is 0 Å². The highest BCUT2D eigenvalue weighted by atomic mass is 16.5. The molecule has 3 aromatic rings. The van der Waals surface area contributed by atoms with E-state index in [0.717, 1.165) is 43.9 Å². The Balaban J connectivity index is 1.16. The van der Waals surface area contributed by atoms with Gasteiger partial charge in [0.25, 0.3) is 0 Å². The van der Waals surface area contributed by atoms with Crippen LogP contribution in [0, 0.1) is 6.92 Å². The second-order valence-corrected chi connectivity index (χ2v) is 11.6. The van der Waals surface area contributed by atoms with Crippen molar-refractivity contribution in [1.29, 1.82) is 0 Å². The van der Waals surface area contributed by atoms with Crippen LogP contribution in [-0.2, 0) is 19.3 Å². The van der Waals surface area contributed by atoms with E-state index in [1.165, 1.54) is 78.7 Å². The van der Waals surface area contributed by atoms with Crippen LogP contribution in [-0.4, -0.2) is 44.3 Å². The van der Waals surface area contributed by atoms with Gasteiger partial charge in [-0.25, -0.2) is 0 Å². The lowest BCUT2D eigenvalue weighted by molar-refractivity contribution is 0.214. The third-order valence-corrected chi connectivity index (χ3v) is 8.62. The lowest BCUT2D eigenvalue weighted by atomic mass is 9.78. The highest BCUT2D eigenvalue weighted by molar-refractivity contribution is 5.58. The molecule has 0 bridgehead atoms. The quantitative estimate of drug-likeness (QED) is 0.295. The number of anilines is 1. The average Bonchev–Trinajstić information content (AvgIpc) is 3.22. The Morgan fingerprint density at radius 2 is 1.69 bits per heavy atom. The molecule has 39 heavy (non-hydrogen) atoms. The van der Waals surface area contributed by atoms with Crippen molar-refractivity contribution in [3.63, 3.8) is 0 Å². The highest BCUT2D eigenvalue weighted by Gasteiger charge is 2.24. The average molecular weight is 527 g/mol. The van der Waals surface area contributed by atoms with Gasteiger partial charge in [-0.1, -0.05) is 43.2 Å². The molecule has 0 saturated carbocycles. The van der Waals surface area contributed by atoms with Gasteiger partial charge in [-0.2, -0.15) is 0 Å². The number of likely N-dealkylation sites (tertiary alicyclic amines) is 1. The van der Waals surface area contributed by atoms with E-state index in [0.29, 0.717) is 12.0 Å². The maximum Gasteiger partial charge on any atom is 0.119 e. The third-order valence-electron chi connectivity index (χ3n) is 8.62. The van der Waals surface area contributed by atoms with Crippen LogP contribution in [0.25, 0.3) is 0 Å². The lowest BCUT2D eigenvalue weighted by Gasteiger charge is -2.29. The number of hydrogen-bond acceptors (Lipinski definition) is 4. The van der Waals surface area contributed by atoms with Crippen molar-refractivity contribution in [1.82, 2.24) is 4.90 Å². The molecule has 1 saturated heterocycles. The lowest BCUT2D eigenvalue weighted by Crippen LogP contribution is -2.29. The molecule has 208 valence electrons. The first-order valence-electron chi connectivity index (χ1n) is 15.0. The Bertz CT molecular complexity index is 1200. The van der Waals surface area contributed by atoms with Crippen molar-refractivity contribution >= 4 is 5.69 Å². The zero-order valence-corrected chi connectivity index (χ0v) is 24.2. The Morgan fingerprint density at radius 1 is 0.923 bits per heavy atom. The molecule has 3 aromatic carbocycles. The second kappa shape index (κ2) is 13.4. The normalized spacial score (nSPS) is 18.6. The number of nitrogens with zero attached hydrogens (tertiary/aromatic N) is 1. The van der Waals surface area contributed by atoms with E-state index in [4.69, 9.17) is 9.47 Å². The Morgan fingerprint density at radius 3 is 2.46 bits per heavy atom. The van der Waals surface area contributed by atoms with Gasteiger partial charge < -0.3 is 14.8 Å². The molecule has 4 heteroatoms. The summed E-state index contributed by atoms with van der Waals surface area (Å²) in [7, 11) is 1.75. The summed E-state index contributed by atoms with van der Waals surface area (Å²) in [5.41, 5.74) is 8.40. The van der Waals surface area contributed by atoms with E-state index in [1.807, 2.05) is 0 Å². The Hall–Kier alpha value is -2.98. The molecule has 2 aliphatic rings. The van der Waals surface area contributed by atoms with Crippen LogP contribution in [0.4, 0.5) is 5.69 Å². The molecule has 0 amide bonds. The summed E-state index contributed by atoms with van der Waals surface area (Å²) in [6.45, 7) is 8.80. The molecular weight excluding hydrogens is 480 g/mol. The van der Waals surface area contributed by atoms with Gasteiger partial charge in [0.05, 0.1) is 7.11 Å². The van der Waals surface area contributed by atoms with Crippen LogP contribution in [0.2, 0.25) is 0 Å². The maximum atomic E-state index is 6.07.